The van der Waals surface area contributed by atoms with Crippen LogP contribution in [0.3, 0.4) is 0 Å². The molecule has 0 bridgehead atoms. The summed E-state index contributed by atoms with van der Waals surface area (Å²) in [6.07, 6.45) is 7.94. The lowest BCUT2D eigenvalue weighted by molar-refractivity contribution is 0.0782. The van der Waals surface area contributed by atoms with Crippen molar-refractivity contribution in [2.75, 3.05) is 19.7 Å². The van der Waals surface area contributed by atoms with E-state index in [-0.39, 0.29) is 0 Å². The van der Waals surface area contributed by atoms with Crippen molar-refractivity contribution in [1.82, 2.24) is 10.6 Å². The third kappa shape index (κ3) is 8.09. The van der Waals surface area contributed by atoms with Crippen LogP contribution in [0.25, 0.3) is 0 Å². The van der Waals surface area contributed by atoms with Gasteiger partial charge in [0.05, 0.1) is 6.10 Å². The molecule has 1 rings (SSSR count). The standard InChI is InChI=1S/C15H31N3O/c1-4-16-15(17-11-8-12-19-13(2)3)18-14-9-6-5-7-10-14/h13-14H,4-12H2,1-3H3,(H2,16,17,18). The molecule has 0 saturated heterocycles. The summed E-state index contributed by atoms with van der Waals surface area (Å²) in [5.41, 5.74) is 0. The van der Waals surface area contributed by atoms with E-state index in [0.29, 0.717) is 12.1 Å². The number of hydrogen-bond acceptors (Lipinski definition) is 2. The molecule has 0 aromatic carbocycles. The summed E-state index contributed by atoms with van der Waals surface area (Å²) >= 11 is 0. The van der Waals surface area contributed by atoms with Gasteiger partial charge in [-0.1, -0.05) is 19.3 Å². The second kappa shape index (κ2) is 10.1. The van der Waals surface area contributed by atoms with Gasteiger partial charge in [0.2, 0.25) is 0 Å². The first kappa shape index (κ1) is 16.3. The molecule has 0 aromatic rings. The van der Waals surface area contributed by atoms with Crippen molar-refractivity contribution in [3.63, 3.8) is 0 Å². The predicted molar refractivity (Wildman–Crippen MR) is 81.7 cm³/mol. The zero-order valence-corrected chi connectivity index (χ0v) is 12.9. The summed E-state index contributed by atoms with van der Waals surface area (Å²) in [6.45, 7) is 8.79. The van der Waals surface area contributed by atoms with Crippen molar-refractivity contribution in [3.05, 3.63) is 0 Å². The van der Waals surface area contributed by atoms with Gasteiger partial charge in [-0.15, -0.1) is 0 Å². The summed E-state index contributed by atoms with van der Waals surface area (Å²) in [6, 6.07) is 0.610. The molecule has 1 aliphatic rings. The molecule has 0 heterocycles. The Morgan fingerprint density at radius 2 is 2.00 bits per heavy atom. The average molecular weight is 269 g/mol. The Bertz CT molecular complexity index is 248. The Kier molecular flexibility index (Phi) is 8.63. The molecule has 2 N–H and O–H groups in total. The van der Waals surface area contributed by atoms with Crippen LogP contribution in [-0.2, 0) is 4.74 Å². The first-order chi connectivity index (χ1) is 9.22. The average Bonchev–Trinajstić information content (AvgIpc) is 2.39. The summed E-state index contributed by atoms with van der Waals surface area (Å²) in [5, 5.41) is 6.88. The van der Waals surface area contributed by atoms with Crippen molar-refractivity contribution in [2.45, 2.75) is 71.4 Å². The van der Waals surface area contributed by atoms with E-state index in [4.69, 9.17) is 4.74 Å². The lowest BCUT2D eigenvalue weighted by atomic mass is 9.96. The fourth-order valence-corrected chi connectivity index (χ4v) is 2.33. The third-order valence-corrected chi connectivity index (χ3v) is 3.31. The van der Waals surface area contributed by atoms with Gasteiger partial charge in [0.15, 0.2) is 5.96 Å². The number of ether oxygens (including phenoxy) is 1. The van der Waals surface area contributed by atoms with E-state index in [1.165, 1.54) is 32.1 Å². The highest BCUT2D eigenvalue weighted by atomic mass is 16.5. The highest BCUT2D eigenvalue weighted by molar-refractivity contribution is 5.80. The molecule has 0 aliphatic heterocycles. The zero-order chi connectivity index (χ0) is 13.9. The highest BCUT2D eigenvalue weighted by Gasteiger charge is 2.14. The normalized spacial score (nSPS) is 17.8. The first-order valence-electron chi connectivity index (χ1n) is 7.88. The maximum atomic E-state index is 5.52. The van der Waals surface area contributed by atoms with Crippen LogP contribution in [0.4, 0.5) is 0 Å². The van der Waals surface area contributed by atoms with Gasteiger partial charge in [-0.2, -0.15) is 0 Å². The third-order valence-electron chi connectivity index (χ3n) is 3.31. The van der Waals surface area contributed by atoms with E-state index in [9.17, 15) is 0 Å². The molecular formula is C15H31N3O. The quantitative estimate of drug-likeness (QED) is 0.424. The molecular weight excluding hydrogens is 238 g/mol. The summed E-state index contributed by atoms with van der Waals surface area (Å²) in [5.74, 6) is 0.971. The smallest absolute Gasteiger partial charge is 0.191 e. The van der Waals surface area contributed by atoms with Crippen molar-refractivity contribution < 1.29 is 4.74 Å². The first-order valence-corrected chi connectivity index (χ1v) is 7.88. The Morgan fingerprint density at radius 3 is 2.63 bits per heavy atom. The van der Waals surface area contributed by atoms with Crippen LogP contribution in [0.1, 0.15) is 59.3 Å². The maximum absolute atomic E-state index is 5.52. The molecule has 0 aromatic heterocycles. The van der Waals surface area contributed by atoms with Crippen molar-refractivity contribution in [2.24, 2.45) is 4.99 Å². The SMILES string of the molecule is CCNC(=NCCCOC(C)C)NC1CCCCC1. The topological polar surface area (TPSA) is 45.7 Å². The number of nitrogens with one attached hydrogen (secondary N) is 2. The van der Waals surface area contributed by atoms with Gasteiger partial charge in [0.25, 0.3) is 0 Å². The lowest BCUT2D eigenvalue weighted by Crippen LogP contribution is -2.44. The number of nitrogens with zero attached hydrogens (tertiary/aromatic N) is 1. The van der Waals surface area contributed by atoms with Crippen LogP contribution in [-0.4, -0.2) is 37.8 Å². The molecule has 1 aliphatic carbocycles. The fourth-order valence-electron chi connectivity index (χ4n) is 2.33. The van der Waals surface area contributed by atoms with Crippen LogP contribution < -0.4 is 10.6 Å². The van der Waals surface area contributed by atoms with Crippen LogP contribution >= 0.6 is 0 Å². The minimum atomic E-state index is 0.317. The molecule has 0 spiro atoms. The molecule has 4 heteroatoms. The van der Waals surface area contributed by atoms with Gasteiger partial charge < -0.3 is 15.4 Å². The van der Waals surface area contributed by atoms with Crippen molar-refractivity contribution >= 4 is 5.96 Å². The molecule has 1 fully saturated rings. The van der Waals surface area contributed by atoms with E-state index in [2.05, 4.69) is 36.4 Å². The molecule has 112 valence electrons. The minimum Gasteiger partial charge on any atom is -0.379 e. The minimum absolute atomic E-state index is 0.317. The molecule has 0 radical (unpaired) electrons. The Labute approximate surface area is 118 Å². The fraction of sp³-hybridized carbons (Fsp3) is 0.933. The summed E-state index contributed by atoms with van der Waals surface area (Å²) in [7, 11) is 0. The van der Waals surface area contributed by atoms with Gasteiger partial charge >= 0.3 is 0 Å². The van der Waals surface area contributed by atoms with E-state index in [1.54, 1.807) is 0 Å². The lowest BCUT2D eigenvalue weighted by Gasteiger charge is -2.24. The highest BCUT2D eigenvalue weighted by Crippen LogP contribution is 2.17. The van der Waals surface area contributed by atoms with E-state index in [1.807, 2.05) is 0 Å². The van der Waals surface area contributed by atoms with Crippen LogP contribution in [0.5, 0.6) is 0 Å². The Balaban J connectivity index is 2.25. The molecule has 1 saturated carbocycles. The molecule has 0 unspecified atom stereocenters. The van der Waals surface area contributed by atoms with Gasteiger partial charge in [-0.05, 0) is 40.0 Å². The molecule has 19 heavy (non-hydrogen) atoms. The van der Waals surface area contributed by atoms with Gasteiger partial charge in [-0.25, -0.2) is 0 Å². The summed E-state index contributed by atoms with van der Waals surface area (Å²) < 4.78 is 5.52. The van der Waals surface area contributed by atoms with Gasteiger partial charge in [0.1, 0.15) is 0 Å². The predicted octanol–water partition coefficient (Wildman–Crippen LogP) is 2.69. The number of guanidine groups is 1. The number of hydrogen-bond donors (Lipinski definition) is 2. The van der Waals surface area contributed by atoms with E-state index < -0.39 is 0 Å². The maximum Gasteiger partial charge on any atom is 0.191 e. The molecule has 0 atom stereocenters. The van der Waals surface area contributed by atoms with Gasteiger partial charge in [0, 0.05) is 25.7 Å². The van der Waals surface area contributed by atoms with E-state index in [0.717, 1.165) is 32.1 Å². The monoisotopic (exact) mass is 269 g/mol. The second-order valence-electron chi connectivity index (χ2n) is 5.51. The second-order valence-corrected chi connectivity index (χ2v) is 5.51. The van der Waals surface area contributed by atoms with Gasteiger partial charge in [-0.3, -0.25) is 4.99 Å². The van der Waals surface area contributed by atoms with Crippen molar-refractivity contribution in [1.29, 1.82) is 0 Å². The molecule has 4 nitrogen and oxygen atoms in total. The Hall–Kier alpha value is -0.770. The summed E-state index contributed by atoms with van der Waals surface area (Å²) in [4.78, 5) is 4.62. The molecule has 0 amide bonds. The van der Waals surface area contributed by atoms with Crippen LogP contribution in [0.15, 0.2) is 4.99 Å². The number of rotatable bonds is 7. The number of aliphatic imine (C=N–C) groups is 1. The largest absolute Gasteiger partial charge is 0.379 e. The zero-order valence-electron chi connectivity index (χ0n) is 12.9. The van der Waals surface area contributed by atoms with E-state index >= 15 is 0 Å². The van der Waals surface area contributed by atoms with Crippen molar-refractivity contribution in [3.8, 4) is 0 Å². The van der Waals surface area contributed by atoms with Crippen LogP contribution in [0, 0.1) is 0 Å². The van der Waals surface area contributed by atoms with Crippen LogP contribution in [0.2, 0.25) is 0 Å². The Morgan fingerprint density at radius 1 is 1.26 bits per heavy atom.